The second kappa shape index (κ2) is 6.00. The first-order valence-corrected chi connectivity index (χ1v) is 7.08. The summed E-state index contributed by atoms with van der Waals surface area (Å²) >= 11 is 5.89. The number of carbonyl (C=O) groups is 1. The lowest BCUT2D eigenvalue weighted by Gasteiger charge is -2.08. The zero-order valence-electron chi connectivity index (χ0n) is 11.5. The van der Waals surface area contributed by atoms with Crippen LogP contribution in [0.4, 0.5) is 0 Å². The Morgan fingerprint density at radius 2 is 1.41 bits per heavy atom. The summed E-state index contributed by atoms with van der Waals surface area (Å²) in [7, 11) is 0. The maximum Gasteiger partial charge on any atom is 0.335 e. The molecule has 0 bridgehead atoms. The van der Waals surface area contributed by atoms with Crippen molar-refractivity contribution in [2.45, 2.75) is 0 Å². The van der Waals surface area contributed by atoms with Crippen molar-refractivity contribution >= 4 is 17.6 Å². The second-order valence-corrected chi connectivity index (χ2v) is 5.24. The third-order valence-corrected chi connectivity index (χ3v) is 3.53. The van der Waals surface area contributed by atoms with Crippen molar-refractivity contribution in [2.24, 2.45) is 0 Å². The molecule has 4 heteroatoms. The SMILES string of the molecule is O=C(O)c1cc(-c2ccccc2)nc(-c2ccc(Cl)cc2)c1. The molecule has 22 heavy (non-hydrogen) atoms. The van der Waals surface area contributed by atoms with E-state index in [4.69, 9.17) is 11.6 Å². The van der Waals surface area contributed by atoms with Gasteiger partial charge in [-0.1, -0.05) is 54.1 Å². The first-order valence-electron chi connectivity index (χ1n) is 6.70. The van der Waals surface area contributed by atoms with Crippen molar-refractivity contribution in [2.75, 3.05) is 0 Å². The molecule has 3 nitrogen and oxygen atoms in total. The fourth-order valence-corrected chi connectivity index (χ4v) is 2.31. The van der Waals surface area contributed by atoms with Crippen LogP contribution in [0.15, 0.2) is 66.7 Å². The molecule has 0 saturated carbocycles. The largest absolute Gasteiger partial charge is 0.478 e. The van der Waals surface area contributed by atoms with Gasteiger partial charge in [-0.3, -0.25) is 0 Å². The molecule has 1 aromatic heterocycles. The molecule has 0 amide bonds. The number of pyridine rings is 1. The molecule has 1 N–H and O–H groups in total. The number of hydrogen-bond donors (Lipinski definition) is 1. The lowest BCUT2D eigenvalue weighted by Crippen LogP contribution is -1.99. The molecule has 0 radical (unpaired) electrons. The molecule has 0 saturated heterocycles. The normalized spacial score (nSPS) is 10.4. The Balaban J connectivity index is 2.16. The van der Waals surface area contributed by atoms with Crippen molar-refractivity contribution in [1.82, 2.24) is 4.98 Å². The third kappa shape index (κ3) is 3.00. The van der Waals surface area contributed by atoms with E-state index in [2.05, 4.69) is 4.98 Å². The van der Waals surface area contributed by atoms with Crippen molar-refractivity contribution < 1.29 is 9.90 Å². The van der Waals surface area contributed by atoms with Crippen molar-refractivity contribution in [3.63, 3.8) is 0 Å². The van der Waals surface area contributed by atoms with Gasteiger partial charge in [0.05, 0.1) is 17.0 Å². The van der Waals surface area contributed by atoms with Gasteiger partial charge in [0.1, 0.15) is 0 Å². The number of halogens is 1. The average molecular weight is 310 g/mol. The minimum absolute atomic E-state index is 0.207. The molecule has 2 aromatic carbocycles. The Kier molecular flexibility index (Phi) is 3.90. The van der Waals surface area contributed by atoms with E-state index >= 15 is 0 Å². The number of aromatic carboxylic acids is 1. The second-order valence-electron chi connectivity index (χ2n) is 4.80. The zero-order valence-corrected chi connectivity index (χ0v) is 12.3. The Hall–Kier alpha value is -2.65. The monoisotopic (exact) mass is 309 g/mol. The van der Waals surface area contributed by atoms with E-state index in [9.17, 15) is 9.90 Å². The topological polar surface area (TPSA) is 50.2 Å². The molecular formula is C18H12ClNO2. The number of benzene rings is 2. The third-order valence-electron chi connectivity index (χ3n) is 3.28. The summed E-state index contributed by atoms with van der Waals surface area (Å²) in [6, 6.07) is 19.8. The summed E-state index contributed by atoms with van der Waals surface area (Å²) < 4.78 is 0. The van der Waals surface area contributed by atoms with Gasteiger partial charge in [0.2, 0.25) is 0 Å². The molecule has 0 spiro atoms. The van der Waals surface area contributed by atoms with E-state index in [1.807, 2.05) is 42.5 Å². The van der Waals surface area contributed by atoms with Crippen LogP contribution in [0, 0.1) is 0 Å². The Morgan fingerprint density at radius 3 is 1.95 bits per heavy atom. The molecule has 0 fully saturated rings. The van der Waals surface area contributed by atoms with E-state index in [0.717, 1.165) is 11.1 Å². The summed E-state index contributed by atoms with van der Waals surface area (Å²) in [4.78, 5) is 16.0. The first-order chi connectivity index (χ1) is 10.6. The van der Waals surface area contributed by atoms with Gasteiger partial charge in [0.15, 0.2) is 0 Å². The fourth-order valence-electron chi connectivity index (χ4n) is 2.18. The van der Waals surface area contributed by atoms with Crippen molar-refractivity contribution in [3.8, 4) is 22.5 Å². The van der Waals surface area contributed by atoms with Gasteiger partial charge >= 0.3 is 5.97 Å². The van der Waals surface area contributed by atoms with E-state index in [0.29, 0.717) is 16.4 Å². The quantitative estimate of drug-likeness (QED) is 0.758. The highest BCUT2D eigenvalue weighted by Gasteiger charge is 2.11. The van der Waals surface area contributed by atoms with Crippen LogP contribution < -0.4 is 0 Å². The Labute approximate surface area is 132 Å². The van der Waals surface area contributed by atoms with Gasteiger partial charge in [0.25, 0.3) is 0 Å². The number of carboxylic acid groups (broad SMARTS) is 1. The summed E-state index contributed by atoms with van der Waals surface area (Å²) in [5, 5.41) is 9.95. The predicted octanol–water partition coefficient (Wildman–Crippen LogP) is 4.77. The number of nitrogens with zero attached hydrogens (tertiary/aromatic N) is 1. The zero-order chi connectivity index (χ0) is 15.5. The summed E-state index contributed by atoms with van der Waals surface area (Å²) in [6.45, 7) is 0. The first kappa shape index (κ1) is 14.3. The van der Waals surface area contributed by atoms with Crippen LogP contribution in [0.5, 0.6) is 0 Å². The van der Waals surface area contributed by atoms with Crippen LogP contribution in [0.1, 0.15) is 10.4 Å². The maximum absolute atomic E-state index is 11.4. The molecule has 1 heterocycles. The minimum Gasteiger partial charge on any atom is -0.478 e. The molecular weight excluding hydrogens is 298 g/mol. The number of hydrogen-bond acceptors (Lipinski definition) is 2. The van der Waals surface area contributed by atoms with Crippen LogP contribution in [0.25, 0.3) is 22.5 Å². The van der Waals surface area contributed by atoms with Crippen molar-refractivity contribution in [1.29, 1.82) is 0 Å². The van der Waals surface area contributed by atoms with Crippen LogP contribution >= 0.6 is 11.6 Å². The minimum atomic E-state index is -0.977. The average Bonchev–Trinajstić information content (AvgIpc) is 2.56. The Bertz CT molecular complexity index is 814. The number of aromatic nitrogens is 1. The van der Waals surface area contributed by atoms with Gasteiger partial charge in [-0.05, 0) is 24.3 Å². The summed E-state index contributed by atoms with van der Waals surface area (Å²) in [5.74, 6) is -0.977. The van der Waals surface area contributed by atoms with E-state index in [1.165, 1.54) is 0 Å². The molecule has 0 unspecified atom stereocenters. The molecule has 3 rings (SSSR count). The number of carboxylic acids is 1. The summed E-state index contributed by atoms with van der Waals surface area (Å²) in [5.41, 5.74) is 3.14. The predicted molar refractivity (Wildman–Crippen MR) is 87.1 cm³/mol. The van der Waals surface area contributed by atoms with E-state index in [1.54, 1.807) is 24.3 Å². The van der Waals surface area contributed by atoms with Crippen LogP contribution in [0.3, 0.4) is 0 Å². The van der Waals surface area contributed by atoms with E-state index < -0.39 is 5.97 Å². The van der Waals surface area contributed by atoms with E-state index in [-0.39, 0.29) is 5.56 Å². The molecule has 108 valence electrons. The highest BCUT2D eigenvalue weighted by Crippen LogP contribution is 2.25. The van der Waals surface area contributed by atoms with Crippen LogP contribution in [-0.4, -0.2) is 16.1 Å². The Morgan fingerprint density at radius 1 is 0.864 bits per heavy atom. The fraction of sp³-hybridized carbons (Fsp3) is 0. The maximum atomic E-state index is 11.4. The smallest absolute Gasteiger partial charge is 0.335 e. The van der Waals surface area contributed by atoms with Gasteiger partial charge in [0, 0.05) is 16.1 Å². The van der Waals surface area contributed by atoms with Gasteiger partial charge in [-0.25, -0.2) is 9.78 Å². The lowest BCUT2D eigenvalue weighted by molar-refractivity contribution is 0.0697. The van der Waals surface area contributed by atoms with Crippen LogP contribution in [-0.2, 0) is 0 Å². The summed E-state index contributed by atoms with van der Waals surface area (Å²) in [6.07, 6.45) is 0. The molecule has 0 aliphatic heterocycles. The lowest BCUT2D eigenvalue weighted by atomic mass is 10.0. The van der Waals surface area contributed by atoms with Gasteiger partial charge in [-0.2, -0.15) is 0 Å². The standard InChI is InChI=1S/C18H12ClNO2/c19-15-8-6-13(7-9-15)17-11-14(18(21)22)10-16(20-17)12-4-2-1-3-5-12/h1-11H,(H,21,22). The molecule has 3 aromatic rings. The molecule has 0 atom stereocenters. The molecule has 0 aliphatic carbocycles. The molecule has 0 aliphatic rings. The van der Waals surface area contributed by atoms with Crippen molar-refractivity contribution in [3.05, 3.63) is 77.3 Å². The van der Waals surface area contributed by atoms with Gasteiger partial charge < -0.3 is 5.11 Å². The highest BCUT2D eigenvalue weighted by atomic mass is 35.5. The highest BCUT2D eigenvalue weighted by molar-refractivity contribution is 6.30. The van der Waals surface area contributed by atoms with Crippen LogP contribution in [0.2, 0.25) is 5.02 Å². The van der Waals surface area contributed by atoms with Gasteiger partial charge in [-0.15, -0.1) is 0 Å². The number of rotatable bonds is 3.